The zero-order valence-electron chi connectivity index (χ0n) is 16.3. The molecule has 2 aromatic carbocycles. The average Bonchev–Trinajstić information content (AvgIpc) is 2.70. The summed E-state index contributed by atoms with van der Waals surface area (Å²) >= 11 is 11.8. The van der Waals surface area contributed by atoms with Gasteiger partial charge in [-0.3, -0.25) is 0 Å². The summed E-state index contributed by atoms with van der Waals surface area (Å²) in [5, 5.41) is 0.366. The molecule has 0 bridgehead atoms. The Labute approximate surface area is 188 Å². The zero-order valence-corrected chi connectivity index (χ0v) is 19.4. The van der Waals surface area contributed by atoms with Crippen LogP contribution in [0.5, 0.6) is 0 Å². The minimum absolute atomic E-state index is 0.00357. The molecule has 1 aliphatic carbocycles. The lowest BCUT2D eigenvalue weighted by Gasteiger charge is -2.22. The van der Waals surface area contributed by atoms with Gasteiger partial charge in [0, 0.05) is 17.6 Å². The number of halogens is 2. The van der Waals surface area contributed by atoms with Crippen molar-refractivity contribution in [3.8, 4) is 0 Å². The molecule has 10 heteroatoms. The fraction of sp³-hybridized carbons (Fsp3) is 0.400. The largest absolute Gasteiger partial charge is 0.242 e. The van der Waals surface area contributed by atoms with Crippen LogP contribution >= 0.6 is 23.2 Å². The molecular formula is C20H24Cl2N2O4S2. The van der Waals surface area contributed by atoms with E-state index in [-0.39, 0.29) is 32.4 Å². The molecule has 0 saturated heterocycles. The van der Waals surface area contributed by atoms with Gasteiger partial charge in [-0.15, -0.1) is 0 Å². The lowest BCUT2D eigenvalue weighted by Crippen LogP contribution is -2.36. The molecule has 2 N–H and O–H groups in total. The average molecular weight is 491 g/mol. The number of nitrogens with one attached hydrogen (secondary N) is 2. The third-order valence-electron chi connectivity index (χ3n) is 5.05. The van der Waals surface area contributed by atoms with Crippen LogP contribution in [-0.2, 0) is 26.5 Å². The third kappa shape index (κ3) is 6.18. The van der Waals surface area contributed by atoms with Crippen LogP contribution in [0.15, 0.2) is 52.3 Å². The topological polar surface area (TPSA) is 92.3 Å². The van der Waals surface area contributed by atoms with Crippen molar-refractivity contribution in [2.24, 2.45) is 0 Å². The minimum atomic E-state index is -3.80. The molecular weight excluding hydrogens is 467 g/mol. The number of sulfonamides is 2. The molecule has 1 aliphatic rings. The van der Waals surface area contributed by atoms with Gasteiger partial charge < -0.3 is 0 Å². The van der Waals surface area contributed by atoms with Crippen LogP contribution in [0.3, 0.4) is 0 Å². The standard InChI is InChI=1S/C20H24Cl2N2O4S2/c21-16-8-11-19(22)20(14-16)30(27,28)23-13-12-15-6-9-18(10-7-15)29(25,26)24-17-4-2-1-3-5-17/h6-11,14,17,23-24H,1-5,12-13H2. The van der Waals surface area contributed by atoms with Gasteiger partial charge >= 0.3 is 0 Å². The van der Waals surface area contributed by atoms with E-state index >= 15 is 0 Å². The molecule has 0 spiro atoms. The van der Waals surface area contributed by atoms with Crippen LogP contribution in [0.25, 0.3) is 0 Å². The summed E-state index contributed by atoms with van der Waals surface area (Å²) in [5.41, 5.74) is 0.812. The van der Waals surface area contributed by atoms with Crippen LogP contribution in [0, 0.1) is 0 Å². The van der Waals surface area contributed by atoms with E-state index in [4.69, 9.17) is 23.2 Å². The van der Waals surface area contributed by atoms with Crippen LogP contribution in [0.2, 0.25) is 10.0 Å². The molecule has 1 fully saturated rings. The Morgan fingerprint density at radius 2 is 1.53 bits per heavy atom. The van der Waals surface area contributed by atoms with Gasteiger partial charge in [0.05, 0.1) is 9.92 Å². The molecule has 30 heavy (non-hydrogen) atoms. The molecule has 6 nitrogen and oxygen atoms in total. The predicted molar refractivity (Wildman–Crippen MR) is 119 cm³/mol. The van der Waals surface area contributed by atoms with E-state index < -0.39 is 20.0 Å². The van der Waals surface area contributed by atoms with Gasteiger partial charge in [-0.05, 0) is 55.2 Å². The van der Waals surface area contributed by atoms with Gasteiger partial charge in [0.1, 0.15) is 4.90 Å². The van der Waals surface area contributed by atoms with E-state index in [1.165, 1.54) is 18.2 Å². The molecule has 0 atom stereocenters. The van der Waals surface area contributed by atoms with E-state index in [2.05, 4.69) is 9.44 Å². The summed E-state index contributed by atoms with van der Waals surface area (Å²) < 4.78 is 55.2. The van der Waals surface area contributed by atoms with E-state index in [1.54, 1.807) is 24.3 Å². The van der Waals surface area contributed by atoms with Crippen LogP contribution in [0.1, 0.15) is 37.7 Å². The number of hydrogen-bond donors (Lipinski definition) is 2. The lowest BCUT2D eigenvalue weighted by molar-refractivity contribution is 0.412. The van der Waals surface area contributed by atoms with Crippen molar-refractivity contribution in [3.63, 3.8) is 0 Å². The Balaban J connectivity index is 1.58. The van der Waals surface area contributed by atoms with Gasteiger partial charge in [0.15, 0.2) is 0 Å². The quantitative estimate of drug-likeness (QED) is 0.581. The van der Waals surface area contributed by atoms with Gasteiger partial charge in [0.25, 0.3) is 0 Å². The van der Waals surface area contributed by atoms with Crippen molar-refractivity contribution >= 4 is 43.2 Å². The first kappa shape index (κ1) is 23.5. The van der Waals surface area contributed by atoms with E-state index in [0.717, 1.165) is 37.7 Å². The maximum Gasteiger partial charge on any atom is 0.242 e. The van der Waals surface area contributed by atoms with E-state index in [0.29, 0.717) is 6.42 Å². The van der Waals surface area contributed by atoms with Gasteiger partial charge in [0.2, 0.25) is 20.0 Å². The van der Waals surface area contributed by atoms with Crippen molar-refractivity contribution in [1.82, 2.24) is 9.44 Å². The highest BCUT2D eigenvalue weighted by Gasteiger charge is 2.22. The summed E-state index contributed by atoms with van der Waals surface area (Å²) in [4.78, 5) is 0.134. The second-order valence-electron chi connectivity index (χ2n) is 7.32. The third-order valence-corrected chi connectivity index (χ3v) is 8.76. The molecule has 2 aromatic rings. The van der Waals surface area contributed by atoms with Gasteiger partial charge in [-0.25, -0.2) is 26.3 Å². The maximum atomic E-state index is 12.5. The molecule has 0 unspecified atom stereocenters. The Bertz CT molecular complexity index is 1080. The Hall–Kier alpha value is -1.16. The highest BCUT2D eigenvalue weighted by atomic mass is 35.5. The number of hydrogen-bond acceptors (Lipinski definition) is 4. The predicted octanol–water partition coefficient (Wildman–Crippen LogP) is 4.13. The van der Waals surface area contributed by atoms with Crippen LogP contribution < -0.4 is 9.44 Å². The van der Waals surface area contributed by atoms with Crippen LogP contribution in [-0.4, -0.2) is 29.4 Å². The monoisotopic (exact) mass is 490 g/mol. The molecule has 0 amide bonds. The Morgan fingerprint density at radius 3 is 2.20 bits per heavy atom. The molecule has 1 saturated carbocycles. The fourth-order valence-electron chi connectivity index (χ4n) is 3.43. The fourth-order valence-corrected chi connectivity index (χ4v) is 6.53. The summed E-state index contributed by atoms with van der Waals surface area (Å²) in [5.74, 6) is 0. The molecule has 0 aliphatic heterocycles. The first-order valence-corrected chi connectivity index (χ1v) is 13.5. The van der Waals surface area contributed by atoms with E-state index in [1.807, 2.05) is 0 Å². The normalized spacial score (nSPS) is 15.9. The van der Waals surface area contributed by atoms with Crippen molar-refractivity contribution in [2.45, 2.75) is 54.4 Å². The molecule has 164 valence electrons. The minimum Gasteiger partial charge on any atom is -0.211 e. The summed E-state index contributed by atoms with van der Waals surface area (Å²) in [7, 11) is -7.36. The van der Waals surface area contributed by atoms with Crippen molar-refractivity contribution in [1.29, 1.82) is 0 Å². The molecule has 3 rings (SSSR count). The molecule has 0 aromatic heterocycles. The zero-order chi connectivity index (χ0) is 21.8. The van der Waals surface area contributed by atoms with Crippen molar-refractivity contribution in [3.05, 3.63) is 58.1 Å². The van der Waals surface area contributed by atoms with Gasteiger partial charge in [-0.1, -0.05) is 54.6 Å². The second-order valence-corrected chi connectivity index (χ2v) is 11.6. The second kappa shape index (κ2) is 9.97. The maximum absolute atomic E-state index is 12.5. The molecule has 0 heterocycles. The molecule has 0 radical (unpaired) electrons. The first-order valence-electron chi connectivity index (χ1n) is 9.73. The highest BCUT2D eigenvalue weighted by molar-refractivity contribution is 7.89. The number of rotatable bonds is 8. The van der Waals surface area contributed by atoms with E-state index in [9.17, 15) is 16.8 Å². The smallest absolute Gasteiger partial charge is 0.211 e. The Kier molecular flexibility index (Phi) is 7.81. The summed E-state index contributed by atoms with van der Waals surface area (Å²) in [6.45, 7) is 0.137. The summed E-state index contributed by atoms with van der Waals surface area (Å²) in [6, 6.07) is 10.7. The highest BCUT2D eigenvalue weighted by Crippen LogP contribution is 2.25. The van der Waals surface area contributed by atoms with Crippen molar-refractivity contribution < 1.29 is 16.8 Å². The van der Waals surface area contributed by atoms with Gasteiger partial charge in [-0.2, -0.15) is 0 Å². The lowest BCUT2D eigenvalue weighted by atomic mass is 9.96. The summed E-state index contributed by atoms with van der Waals surface area (Å²) in [6.07, 6.45) is 5.38. The van der Waals surface area contributed by atoms with Crippen molar-refractivity contribution in [2.75, 3.05) is 6.54 Å². The SMILES string of the molecule is O=S(=O)(NC1CCCCC1)c1ccc(CCNS(=O)(=O)c2cc(Cl)ccc2Cl)cc1. The number of benzene rings is 2. The van der Waals surface area contributed by atoms with Crippen LogP contribution in [0.4, 0.5) is 0 Å². The Morgan fingerprint density at radius 1 is 0.867 bits per heavy atom. The first-order chi connectivity index (χ1) is 14.2.